The summed E-state index contributed by atoms with van der Waals surface area (Å²) in [5.41, 5.74) is 0.925. The molecule has 6 heteroatoms. The van der Waals surface area contributed by atoms with E-state index in [1.54, 1.807) is 26.4 Å². The summed E-state index contributed by atoms with van der Waals surface area (Å²) >= 11 is 0. The Hall–Kier alpha value is -1.79. The van der Waals surface area contributed by atoms with E-state index in [1.807, 2.05) is 0 Å². The lowest BCUT2D eigenvalue weighted by atomic mass is 9.97. The van der Waals surface area contributed by atoms with Crippen LogP contribution in [0, 0.1) is 5.92 Å². The zero-order chi connectivity index (χ0) is 16.8. The Bertz CT molecular complexity index is 544. The van der Waals surface area contributed by atoms with Gasteiger partial charge in [0, 0.05) is 31.8 Å². The van der Waals surface area contributed by atoms with Gasteiger partial charge in [0.05, 0.1) is 26.4 Å². The number of hydrogen-bond acceptors (Lipinski definition) is 5. The largest absolute Gasteiger partial charge is 0.497 e. The number of carbonyl (C=O) groups is 1. The van der Waals surface area contributed by atoms with Gasteiger partial charge in [-0.15, -0.1) is 0 Å². The molecule has 0 aliphatic carbocycles. The number of rotatable bonds is 7. The maximum Gasteiger partial charge on any atom is 0.336 e. The van der Waals surface area contributed by atoms with Crippen LogP contribution in [0.2, 0.25) is 0 Å². The van der Waals surface area contributed by atoms with Gasteiger partial charge in [-0.05, 0) is 31.4 Å². The number of nitrogens with zero attached hydrogens (tertiary/aromatic N) is 1. The molecule has 1 aliphatic heterocycles. The average molecular weight is 323 g/mol. The summed E-state index contributed by atoms with van der Waals surface area (Å²) in [4.78, 5) is 13.9. The molecule has 128 valence electrons. The molecule has 1 fully saturated rings. The zero-order valence-corrected chi connectivity index (χ0v) is 14.0. The van der Waals surface area contributed by atoms with Crippen molar-refractivity contribution in [3.05, 3.63) is 23.3 Å². The predicted molar refractivity (Wildman–Crippen MR) is 86.4 cm³/mol. The molecular weight excluding hydrogens is 298 g/mol. The van der Waals surface area contributed by atoms with Crippen molar-refractivity contribution in [1.82, 2.24) is 4.90 Å². The third-order valence-corrected chi connectivity index (χ3v) is 4.26. The van der Waals surface area contributed by atoms with Crippen LogP contribution in [0.3, 0.4) is 0 Å². The van der Waals surface area contributed by atoms with Crippen LogP contribution < -0.4 is 9.47 Å². The number of carboxylic acid groups (broad SMARTS) is 1. The van der Waals surface area contributed by atoms with Gasteiger partial charge < -0.3 is 19.3 Å². The van der Waals surface area contributed by atoms with Gasteiger partial charge in [-0.2, -0.15) is 0 Å². The molecule has 0 aromatic heterocycles. The molecule has 0 unspecified atom stereocenters. The average Bonchev–Trinajstić information content (AvgIpc) is 2.55. The quantitative estimate of drug-likeness (QED) is 0.830. The number of aromatic carboxylic acids is 1. The molecule has 0 amide bonds. The van der Waals surface area contributed by atoms with Crippen molar-refractivity contribution in [2.75, 3.05) is 41.0 Å². The summed E-state index contributed by atoms with van der Waals surface area (Å²) in [6.45, 7) is 3.15. The van der Waals surface area contributed by atoms with Crippen molar-refractivity contribution in [2.24, 2.45) is 5.92 Å². The fourth-order valence-electron chi connectivity index (χ4n) is 3.16. The van der Waals surface area contributed by atoms with Crippen LogP contribution >= 0.6 is 0 Å². The molecule has 0 spiro atoms. The van der Waals surface area contributed by atoms with Crippen LogP contribution in [0.5, 0.6) is 11.5 Å². The van der Waals surface area contributed by atoms with Gasteiger partial charge in [0.15, 0.2) is 0 Å². The monoisotopic (exact) mass is 323 g/mol. The van der Waals surface area contributed by atoms with Gasteiger partial charge in [-0.3, -0.25) is 4.90 Å². The number of methoxy groups -OCH3 is 3. The van der Waals surface area contributed by atoms with Crippen molar-refractivity contribution >= 4 is 5.97 Å². The number of piperidine rings is 1. The predicted octanol–water partition coefficient (Wildman–Crippen LogP) is 2.26. The molecular formula is C17H25NO5. The molecule has 1 N–H and O–H groups in total. The van der Waals surface area contributed by atoms with Crippen LogP contribution in [-0.4, -0.2) is 57.0 Å². The molecule has 1 aliphatic rings. The van der Waals surface area contributed by atoms with Crippen molar-refractivity contribution in [3.63, 3.8) is 0 Å². The second kappa shape index (κ2) is 8.17. The van der Waals surface area contributed by atoms with Crippen molar-refractivity contribution < 1.29 is 24.1 Å². The SMILES string of the molecule is COC[C@@H]1CCCN(Cc2c(OC)cc(OC)cc2C(=O)O)C1. The van der Waals surface area contributed by atoms with Gasteiger partial charge >= 0.3 is 5.97 Å². The number of hydrogen-bond donors (Lipinski definition) is 1. The normalized spacial score (nSPS) is 18.7. The van der Waals surface area contributed by atoms with E-state index in [0.29, 0.717) is 29.5 Å². The number of likely N-dealkylation sites (tertiary alicyclic amines) is 1. The lowest BCUT2D eigenvalue weighted by Crippen LogP contribution is -2.37. The highest BCUT2D eigenvalue weighted by molar-refractivity contribution is 5.91. The lowest BCUT2D eigenvalue weighted by molar-refractivity contribution is 0.0687. The van der Waals surface area contributed by atoms with Gasteiger partial charge in [-0.25, -0.2) is 4.79 Å². The van der Waals surface area contributed by atoms with E-state index in [1.165, 1.54) is 7.11 Å². The zero-order valence-electron chi connectivity index (χ0n) is 14.0. The Morgan fingerprint density at radius 1 is 1.30 bits per heavy atom. The third-order valence-electron chi connectivity index (χ3n) is 4.26. The highest BCUT2D eigenvalue weighted by Gasteiger charge is 2.24. The number of benzene rings is 1. The maximum absolute atomic E-state index is 11.6. The van der Waals surface area contributed by atoms with Crippen LogP contribution in [0.4, 0.5) is 0 Å². The molecule has 1 saturated heterocycles. The first kappa shape index (κ1) is 17.6. The maximum atomic E-state index is 11.6. The lowest BCUT2D eigenvalue weighted by Gasteiger charge is -2.33. The van der Waals surface area contributed by atoms with Crippen LogP contribution in [-0.2, 0) is 11.3 Å². The molecule has 1 aromatic rings. The van der Waals surface area contributed by atoms with E-state index in [-0.39, 0.29) is 5.56 Å². The minimum atomic E-state index is -0.970. The topological polar surface area (TPSA) is 68.2 Å². The molecule has 23 heavy (non-hydrogen) atoms. The Kier molecular flexibility index (Phi) is 6.24. The minimum absolute atomic E-state index is 0.232. The van der Waals surface area contributed by atoms with Gasteiger partial charge in [-0.1, -0.05) is 0 Å². The van der Waals surface area contributed by atoms with E-state index in [4.69, 9.17) is 14.2 Å². The first-order valence-electron chi connectivity index (χ1n) is 7.78. The van der Waals surface area contributed by atoms with Gasteiger partial charge in [0.25, 0.3) is 0 Å². The van der Waals surface area contributed by atoms with Crippen LogP contribution in [0.25, 0.3) is 0 Å². The summed E-state index contributed by atoms with van der Waals surface area (Å²) in [6.07, 6.45) is 2.24. The summed E-state index contributed by atoms with van der Waals surface area (Å²) in [6, 6.07) is 3.29. The Labute approximate surface area is 136 Å². The third kappa shape index (κ3) is 4.36. The fourth-order valence-corrected chi connectivity index (χ4v) is 3.16. The van der Waals surface area contributed by atoms with E-state index in [0.717, 1.165) is 32.5 Å². The van der Waals surface area contributed by atoms with Crippen molar-refractivity contribution in [2.45, 2.75) is 19.4 Å². The summed E-state index contributed by atoms with van der Waals surface area (Å²) in [5, 5.41) is 9.52. The highest BCUT2D eigenvalue weighted by atomic mass is 16.5. The molecule has 6 nitrogen and oxygen atoms in total. The molecule has 0 saturated carbocycles. The second-order valence-corrected chi connectivity index (χ2v) is 5.86. The summed E-state index contributed by atoms with van der Waals surface area (Å²) < 4.78 is 15.8. The summed E-state index contributed by atoms with van der Waals surface area (Å²) in [5.74, 6) is 0.559. The summed E-state index contributed by atoms with van der Waals surface area (Å²) in [7, 11) is 4.78. The molecule has 1 aromatic carbocycles. The molecule has 2 rings (SSSR count). The first-order chi connectivity index (χ1) is 11.1. The smallest absolute Gasteiger partial charge is 0.336 e. The van der Waals surface area contributed by atoms with Crippen LogP contribution in [0.1, 0.15) is 28.8 Å². The Morgan fingerprint density at radius 2 is 2.09 bits per heavy atom. The number of carboxylic acids is 1. The van der Waals surface area contributed by atoms with E-state index in [2.05, 4.69) is 4.90 Å². The van der Waals surface area contributed by atoms with Crippen molar-refractivity contribution in [3.8, 4) is 11.5 Å². The van der Waals surface area contributed by atoms with Crippen LogP contribution in [0.15, 0.2) is 12.1 Å². The number of ether oxygens (including phenoxy) is 3. The highest BCUT2D eigenvalue weighted by Crippen LogP contribution is 2.31. The van der Waals surface area contributed by atoms with E-state index in [9.17, 15) is 9.90 Å². The minimum Gasteiger partial charge on any atom is -0.497 e. The van der Waals surface area contributed by atoms with Gasteiger partial charge in [0.1, 0.15) is 11.5 Å². The van der Waals surface area contributed by atoms with Gasteiger partial charge in [0.2, 0.25) is 0 Å². The fraction of sp³-hybridized carbons (Fsp3) is 0.588. The first-order valence-corrected chi connectivity index (χ1v) is 7.78. The molecule has 0 bridgehead atoms. The Balaban J connectivity index is 2.25. The second-order valence-electron chi connectivity index (χ2n) is 5.86. The van der Waals surface area contributed by atoms with Crippen molar-refractivity contribution in [1.29, 1.82) is 0 Å². The standard InChI is InChI=1S/C17H25NO5/c1-21-11-12-5-4-6-18(9-12)10-15-14(17(19)20)7-13(22-2)8-16(15)23-3/h7-8,12H,4-6,9-11H2,1-3H3,(H,19,20)/t12-/m1/s1. The molecule has 1 heterocycles. The van der Waals surface area contributed by atoms with E-state index < -0.39 is 5.97 Å². The molecule has 1 atom stereocenters. The van der Waals surface area contributed by atoms with E-state index >= 15 is 0 Å². The Morgan fingerprint density at radius 3 is 2.70 bits per heavy atom. The molecule has 0 radical (unpaired) electrons.